The summed E-state index contributed by atoms with van der Waals surface area (Å²) in [6.07, 6.45) is 7.56. The fraction of sp³-hybridized carbons (Fsp3) is 0.529. The summed E-state index contributed by atoms with van der Waals surface area (Å²) < 4.78 is 0. The van der Waals surface area contributed by atoms with Crippen molar-refractivity contribution < 1.29 is 0 Å². The van der Waals surface area contributed by atoms with Gasteiger partial charge in [-0.2, -0.15) is 0 Å². The molecule has 0 bridgehead atoms. The average Bonchev–Trinajstić information content (AvgIpc) is 2.27. The molecule has 0 radical (unpaired) electrons. The Bertz CT molecular complexity index is 413. The van der Waals surface area contributed by atoms with Crippen LogP contribution in [-0.4, -0.2) is 0 Å². The summed E-state index contributed by atoms with van der Waals surface area (Å²) in [5.41, 5.74) is 4.46. The van der Waals surface area contributed by atoms with Crippen LogP contribution in [0.2, 0.25) is 0 Å². The van der Waals surface area contributed by atoms with E-state index >= 15 is 0 Å². The molecule has 1 rings (SSSR count). The number of aryl methyl sites for hydroxylation is 1. The Morgan fingerprint density at radius 1 is 1.24 bits per heavy atom. The van der Waals surface area contributed by atoms with Crippen LogP contribution in [0.1, 0.15) is 51.3 Å². The maximum atomic E-state index is 5.49. The maximum Gasteiger partial charge on any atom is 0.0212 e. The molecule has 0 N–H and O–H groups in total. The third-order valence-electron chi connectivity index (χ3n) is 3.26. The molecule has 0 fully saturated rings. The lowest BCUT2D eigenvalue weighted by Gasteiger charge is -2.21. The molecule has 1 atom stereocenters. The minimum atomic E-state index is 0.209. The van der Waals surface area contributed by atoms with Gasteiger partial charge >= 0.3 is 0 Å². The number of hydrogen-bond acceptors (Lipinski definition) is 0. The maximum absolute atomic E-state index is 5.49. The second kappa shape index (κ2) is 5.41. The lowest BCUT2D eigenvalue weighted by Crippen LogP contribution is -2.12. The third-order valence-corrected chi connectivity index (χ3v) is 3.26. The van der Waals surface area contributed by atoms with Crippen LogP contribution in [0.15, 0.2) is 18.2 Å². The molecular weight excluding hydrogens is 204 g/mol. The van der Waals surface area contributed by atoms with Gasteiger partial charge in [0.2, 0.25) is 0 Å². The second-order valence-corrected chi connectivity index (χ2v) is 5.86. The molecule has 92 valence electrons. The topological polar surface area (TPSA) is 0 Å². The zero-order chi connectivity index (χ0) is 13.1. The summed E-state index contributed by atoms with van der Waals surface area (Å²) in [4.78, 5) is 0. The minimum absolute atomic E-state index is 0.209. The predicted molar refractivity (Wildman–Crippen MR) is 76.2 cm³/mol. The summed E-state index contributed by atoms with van der Waals surface area (Å²) in [5.74, 6) is 3.14. The molecule has 0 amide bonds. The lowest BCUT2D eigenvalue weighted by molar-refractivity contribution is 0.587. The van der Waals surface area contributed by atoms with Gasteiger partial charge in [-0.25, -0.2) is 0 Å². The summed E-state index contributed by atoms with van der Waals surface area (Å²) >= 11 is 0. The second-order valence-electron chi connectivity index (χ2n) is 5.86. The van der Waals surface area contributed by atoms with Crippen LogP contribution in [-0.2, 0) is 18.3 Å². The predicted octanol–water partition coefficient (Wildman–Crippen LogP) is 4.36. The highest BCUT2D eigenvalue weighted by molar-refractivity contribution is 5.36. The molecule has 0 spiro atoms. The SMILES string of the molecule is C#CC(C)Cc1cc(C(C)(C)C)ccc1CC. The number of hydrogen-bond donors (Lipinski definition) is 0. The van der Waals surface area contributed by atoms with Gasteiger partial charge in [-0.05, 0) is 34.9 Å². The highest BCUT2D eigenvalue weighted by atomic mass is 14.2. The van der Waals surface area contributed by atoms with Crippen LogP contribution in [0.5, 0.6) is 0 Å². The number of benzene rings is 1. The molecule has 0 saturated heterocycles. The van der Waals surface area contributed by atoms with Gasteiger partial charge in [-0.1, -0.05) is 52.8 Å². The smallest absolute Gasteiger partial charge is 0.0212 e. The molecular formula is C17H24. The van der Waals surface area contributed by atoms with Crippen molar-refractivity contribution in [1.29, 1.82) is 0 Å². The van der Waals surface area contributed by atoms with Gasteiger partial charge in [0, 0.05) is 5.92 Å². The molecule has 0 saturated carbocycles. The van der Waals surface area contributed by atoms with Gasteiger partial charge in [0.25, 0.3) is 0 Å². The fourth-order valence-corrected chi connectivity index (χ4v) is 2.02. The van der Waals surface area contributed by atoms with Crippen molar-refractivity contribution in [3.8, 4) is 12.3 Å². The van der Waals surface area contributed by atoms with Crippen LogP contribution in [0.4, 0.5) is 0 Å². The Morgan fingerprint density at radius 3 is 2.35 bits per heavy atom. The first-order valence-corrected chi connectivity index (χ1v) is 6.47. The third kappa shape index (κ3) is 3.63. The van der Waals surface area contributed by atoms with E-state index in [0.29, 0.717) is 5.92 Å². The standard InChI is InChI=1S/C17H24/c1-7-13(3)11-15-12-16(17(4,5)6)10-9-14(15)8-2/h1,9-10,12-13H,8,11H2,2-6H3. The van der Waals surface area contributed by atoms with Crippen molar-refractivity contribution in [2.45, 2.75) is 52.9 Å². The minimum Gasteiger partial charge on any atom is -0.120 e. The van der Waals surface area contributed by atoms with E-state index in [1.54, 1.807) is 0 Å². The fourth-order valence-electron chi connectivity index (χ4n) is 2.02. The molecule has 17 heavy (non-hydrogen) atoms. The lowest BCUT2D eigenvalue weighted by atomic mass is 9.83. The van der Waals surface area contributed by atoms with Crippen molar-refractivity contribution in [2.75, 3.05) is 0 Å². The Morgan fingerprint density at radius 2 is 1.88 bits per heavy atom. The van der Waals surface area contributed by atoms with Crippen LogP contribution in [0.3, 0.4) is 0 Å². The van der Waals surface area contributed by atoms with Gasteiger partial charge < -0.3 is 0 Å². The quantitative estimate of drug-likeness (QED) is 0.674. The molecule has 0 aliphatic carbocycles. The highest BCUT2D eigenvalue weighted by Gasteiger charge is 2.15. The molecule has 1 aromatic carbocycles. The van der Waals surface area contributed by atoms with Crippen molar-refractivity contribution in [3.05, 3.63) is 34.9 Å². The Kier molecular flexibility index (Phi) is 4.40. The normalized spacial score (nSPS) is 13.2. The van der Waals surface area contributed by atoms with Crippen LogP contribution < -0.4 is 0 Å². The van der Waals surface area contributed by atoms with Crippen molar-refractivity contribution >= 4 is 0 Å². The molecule has 0 heteroatoms. The van der Waals surface area contributed by atoms with E-state index in [1.807, 2.05) is 0 Å². The zero-order valence-electron chi connectivity index (χ0n) is 11.8. The number of rotatable bonds is 3. The number of terminal acetylenes is 1. The molecule has 1 unspecified atom stereocenters. The van der Waals surface area contributed by atoms with Gasteiger partial charge in [0.15, 0.2) is 0 Å². The van der Waals surface area contributed by atoms with E-state index in [0.717, 1.165) is 12.8 Å². The summed E-state index contributed by atoms with van der Waals surface area (Å²) in [7, 11) is 0. The van der Waals surface area contributed by atoms with Gasteiger partial charge in [-0.3, -0.25) is 0 Å². The van der Waals surface area contributed by atoms with E-state index in [-0.39, 0.29) is 5.41 Å². The van der Waals surface area contributed by atoms with Crippen molar-refractivity contribution in [2.24, 2.45) is 5.92 Å². The average molecular weight is 228 g/mol. The van der Waals surface area contributed by atoms with Crippen LogP contribution in [0, 0.1) is 18.3 Å². The summed E-state index contributed by atoms with van der Waals surface area (Å²) in [6, 6.07) is 6.86. The summed E-state index contributed by atoms with van der Waals surface area (Å²) in [6.45, 7) is 11.1. The zero-order valence-corrected chi connectivity index (χ0v) is 11.8. The molecule has 1 aromatic rings. The van der Waals surface area contributed by atoms with Gasteiger partial charge in [0.1, 0.15) is 0 Å². The highest BCUT2D eigenvalue weighted by Crippen LogP contribution is 2.26. The van der Waals surface area contributed by atoms with Crippen LogP contribution >= 0.6 is 0 Å². The Balaban J connectivity index is 3.12. The van der Waals surface area contributed by atoms with E-state index in [1.165, 1.54) is 16.7 Å². The molecule has 0 aliphatic rings. The first kappa shape index (κ1) is 13.8. The molecule has 0 aromatic heterocycles. The van der Waals surface area contributed by atoms with E-state index in [9.17, 15) is 0 Å². The van der Waals surface area contributed by atoms with Gasteiger partial charge in [-0.15, -0.1) is 12.3 Å². The molecule has 0 aliphatic heterocycles. The van der Waals surface area contributed by atoms with E-state index < -0.39 is 0 Å². The molecule has 0 heterocycles. The first-order valence-electron chi connectivity index (χ1n) is 6.47. The monoisotopic (exact) mass is 228 g/mol. The largest absolute Gasteiger partial charge is 0.120 e. The van der Waals surface area contributed by atoms with E-state index in [4.69, 9.17) is 6.42 Å². The molecule has 0 nitrogen and oxygen atoms in total. The Hall–Kier alpha value is -1.22. The van der Waals surface area contributed by atoms with Gasteiger partial charge in [0.05, 0.1) is 0 Å². The Labute approximate surface area is 106 Å². The summed E-state index contributed by atoms with van der Waals surface area (Å²) in [5, 5.41) is 0. The van der Waals surface area contributed by atoms with Crippen molar-refractivity contribution in [3.63, 3.8) is 0 Å². The van der Waals surface area contributed by atoms with E-state index in [2.05, 4.69) is 58.7 Å². The van der Waals surface area contributed by atoms with Crippen LogP contribution in [0.25, 0.3) is 0 Å². The van der Waals surface area contributed by atoms with Crippen molar-refractivity contribution in [1.82, 2.24) is 0 Å². The first-order chi connectivity index (χ1) is 7.88.